The van der Waals surface area contributed by atoms with Gasteiger partial charge in [0.1, 0.15) is 26.2 Å². The van der Waals surface area contributed by atoms with Crippen LogP contribution < -0.4 is 9.80 Å². The van der Waals surface area contributed by atoms with Crippen molar-refractivity contribution in [3.05, 3.63) is 42.0 Å². The SMILES string of the molecule is C[C@@H]1CCC[C@@H]([NH+]2CC[NH+](C/C=C/c3ccccc3)CC2)C1. The highest BCUT2D eigenvalue weighted by Crippen LogP contribution is 2.21. The topological polar surface area (TPSA) is 8.88 Å². The van der Waals surface area contributed by atoms with Gasteiger partial charge in [-0.3, -0.25) is 0 Å². The summed E-state index contributed by atoms with van der Waals surface area (Å²) in [6, 6.07) is 11.6. The molecule has 1 saturated carbocycles. The van der Waals surface area contributed by atoms with E-state index in [4.69, 9.17) is 0 Å². The lowest BCUT2D eigenvalue weighted by molar-refractivity contribution is -1.02. The first-order valence-electron chi connectivity index (χ1n) is 9.21. The number of piperazine rings is 1. The van der Waals surface area contributed by atoms with Crippen LogP contribution in [0.3, 0.4) is 0 Å². The summed E-state index contributed by atoms with van der Waals surface area (Å²) in [5.41, 5.74) is 1.32. The molecule has 3 rings (SSSR count). The third kappa shape index (κ3) is 4.44. The minimum absolute atomic E-state index is 0.963. The van der Waals surface area contributed by atoms with Gasteiger partial charge in [0.2, 0.25) is 0 Å². The lowest BCUT2D eigenvalue weighted by atomic mass is 9.86. The van der Waals surface area contributed by atoms with E-state index in [-0.39, 0.29) is 0 Å². The summed E-state index contributed by atoms with van der Waals surface area (Å²) in [5.74, 6) is 0.963. The average Bonchev–Trinajstić information content (AvgIpc) is 2.56. The molecule has 2 N–H and O–H groups in total. The first-order chi connectivity index (χ1) is 10.8. The second kappa shape index (κ2) is 7.94. The number of hydrogen-bond acceptors (Lipinski definition) is 0. The average molecular weight is 300 g/mol. The maximum absolute atomic E-state index is 2.45. The first-order valence-corrected chi connectivity index (χ1v) is 9.21. The summed E-state index contributed by atoms with van der Waals surface area (Å²) in [5, 5.41) is 0. The molecule has 0 radical (unpaired) electrons. The highest BCUT2D eigenvalue weighted by Gasteiger charge is 2.31. The fourth-order valence-electron chi connectivity index (χ4n) is 4.27. The van der Waals surface area contributed by atoms with Crippen LogP contribution in [-0.2, 0) is 0 Å². The van der Waals surface area contributed by atoms with Crippen LogP contribution in [0.1, 0.15) is 38.2 Å². The second-order valence-electron chi connectivity index (χ2n) is 7.39. The van der Waals surface area contributed by atoms with E-state index in [1.165, 1.54) is 64.0 Å². The van der Waals surface area contributed by atoms with Gasteiger partial charge in [0.05, 0.1) is 12.6 Å². The molecular weight excluding hydrogens is 268 g/mol. The van der Waals surface area contributed by atoms with Crippen molar-refractivity contribution in [3.8, 4) is 0 Å². The van der Waals surface area contributed by atoms with Crippen molar-refractivity contribution < 1.29 is 9.80 Å². The van der Waals surface area contributed by atoms with Gasteiger partial charge in [-0.05, 0) is 30.4 Å². The van der Waals surface area contributed by atoms with Crippen molar-refractivity contribution in [2.75, 3.05) is 32.7 Å². The third-order valence-corrected chi connectivity index (χ3v) is 5.63. The molecule has 0 unspecified atom stereocenters. The van der Waals surface area contributed by atoms with E-state index in [9.17, 15) is 0 Å². The lowest BCUT2D eigenvalue weighted by Gasteiger charge is -2.37. The molecule has 0 bridgehead atoms. The van der Waals surface area contributed by atoms with Crippen LogP contribution >= 0.6 is 0 Å². The van der Waals surface area contributed by atoms with Crippen LogP contribution in [0.25, 0.3) is 6.08 Å². The summed E-state index contributed by atoms with van der Waals surface area (Å²) in [6.45, 7) is 9.08. The van der Waals surface area contributed by atoms with Crippen molar-refractivity contribution >= 4 is 6.08 Å². The van der Waals surface area contributed by atoms with Gasteiger partial charge in [0, 0.05) is 6.42 Å². The highest BCUT2D eigenvalue weighted by molar-refractivity contribution is 5.48. The fraction of sp³-hybridized carbons (Fsp3) is 0.600. The van der Waals surface area contributed by atoms with E-state index in [1.54, 1.807) is 4.90 Å². The Hall–Kier alpha value is -1.12. The third-order valence-electron chi connectivity index (χ3n) is 5.63. The van der Waals surface area contributed by atoms with Crippen LogP contribution in [0, 0.1) is 5.92 Å². The molecule has 22 heavy (non-hydrogen) atoms. The Kier molecular flexibility index (Phi) is 5.69. The summed E-state index contributed by atoms with van der Waals surface area (Å²) < 4.78 is 0. The van der Waals surface area contributed by atoms with Gasteiger partial charge in [-0.25, -0.2) is 0 Å². The molecule has 2 nitrogen and oxygen atoms in total. The first kappa shape index (κ1) is 15.8. The quantitative estimate of drug-likeness (QED) is 0.823. The van der Waals surface area contributed by atoms with Gasteiger partial charge in [0.25, 0.3) is 0 Å². The Morgan fingerprint density at radius 2 is 1.82 bits per heavy atom. The number of rotatable bonds is 4. The van der Waals surface area contributed by atoms with Crippen molar-refractivity contribution in [1.82, 2.24) is 0 Å². The molecule has 1 saturated heterocycles. The lowest BCUT2D eigenvalue weighted by Crippen LogP contribution is -3.29. The summed E-state index contributed by atoms with van der Waals surface area (Å²) >= 11 is 0. The van der Waals surface area contributed by atoms with E-state index in [0.29, 0.717) is 0 Å². The molecule has 1 heterocycles. The van der Waals surface area contributed by atoms with Crippen molar-refractivity contribution in [2.45, 2.75) is 38.6 Å². The zero-order valence-corrected chi connectivity index (χ0v) is 14.1. The number of quaternary nitrogens is 2. The van der Waals surface area contributed by atoms with Crippen LogP contribution in [0.4, 0.5) is 0 Å². The Balaban J connectivity index is 1.41. The molecule has 1 aromatic carbocycles. The zero-order chi connectivity index (χ0) is 15.2. The minimum atomic E-state index is 0.963. The molecular formula is C20H32N2+2. The van der Waals surface area contributed by atoms with Gasteiger partial charge in [-0.1, -0.05) is 49.8 Å². The molecule has 0 aromatic heterocycles. The Morgan fingerprint density at radius 1 is 1.05 bits per heavy atom. The number of nitrogens with one attached hydrogen (secondary N) is 2. The van der Waals surface area contributed by atoms with E-state index in [0.717, 1.165) is 12.0 Å². The van der Waals surface area contributed by atoms with Gasteiger partial charge < -0.3 is 9.80 Å². The second-order valence-corrected chi connectivity index (χ2v) is 7.39. The Labute approximate surface area is 135 Å². The normalized spacial score (nSPS) is 33.1. The van der Waals surface area contributed by atoms with E-state index >= 15 is 0 Å². The standard InChI is InChI=1S/C20H30N2/c1-18-7-5-11-20(17-18)22-15-13-21(14-16-22)12-6-10-19-8-3-2-4-9-19/h2-4,6,8-10,18,20H,5,7,11-17H2,1H3/p+2/b10-6+/t18-,20-/m1/s1. The van der Waals surface area contributed by atoms with Crippen molar-refractivity contribution in [3.63, 3.8) is 0 Å². The smallest absolute Gasteiger partial charge is 0.127 e. The minimum Gasteiger partial charge on any atom is -0.323 e. The predicted octanol–water partition coefficient (Wildman–Crippen LogP) is 1.06. The molecule has 120 valence electrons. The Bertz CT molecular complexity index is 460. The van der Waals surface area contributed by atoms with Crippen molar-refractivity contribution in [1.29, 1.82) is 0 Å². The van der Waals surface area contributed by atoms with Gasteiger partial charge in [-0.15, -0.1) is 0 Å². The molecule has 2 heteroatoms. The van der Waals surface area contributed by atoms with Crippen molar-refractivity contribution in [2.24, 2.45) is 5.92 Å². The summed E-state index contributed by atoms with van der Waals surface area (Å²) in [6.07, 6.45) is 10.5. The van der Waals surface area contributed by atoms with E-state index in [2.05, 4.69) is 49.4 Å². The van der Waals surface area contributed by atoms with E-state index in [1.807, 2.05) is 4.90 Å². The molecule has 2 aliphatic rings. The van der Waals surface area contributed by atoms with Crippen LogP contribution in [0.2, 0.25) is 0 Å². The number of hydrogen-bond donors (Lipinski definition) is 2. The molecule has 0 amide bonds. The maximum Gasteiger partial charge on any atom is 0.127 e. The van der Waals surface area contributed by atoms with Crippen LogP contribution in [0.15, 0.2) is 36.4 Å². The molecule has 2 atom stereocenters. The fourth-order valence-corrected chi connectivity index (χ4v) is 4.27. The Morgan fingerprint density at radius 3 is 2.55 bits per heavy atom. The predicted molar refractivity (Wildman–Crippen MR) is 93.2 cm³/mol. The molecule has 0 spiro atoms. The van der Waals surface area contributed by atoms with Gasteiger partial charge in [-0.2, -0.15) is 0 Å². The summed E-state index contributed by atoms with van der Waals surface area (Å²) in [7, 11) is 0. The molecule has 1 aliphatic heterocycles. The summed E-state index contributed by atoms with van der Waals surface area (Å²) in [4.78, 5) is 3.67. The zero-order valence-electron chi connectivity index (χ0n) is 14.1. The van der Waals surface area contributed by atoms with E-state index < -0.39 is 0 Å². The number of benzene rings is 1. The monoisotopic (exact) mass is 300 g/mol. The maximum atomic E-state index is 2.45. The molecule has 1 aromatic rings. The van der Waals surface area contributed by atoms with Gasteiger partial charge in [0.15, 0.2) is 0 Å². The molecule has 2 fully saturated rings. The highest BCUT2D eigenvalue weighted by atomic mass is 15.3. The van der Waals surface area contributed by atoms with Gasteiger partial charge >= 0.3 is 0 Å². The van der Waals surface area contributed by atoms with Crippen LogP contribution in [0.5, 0.6) is 0 Å². The largest absolute Gasteiger partial charge is 0.323 e. The molecule has 1 aliphatic carbocycles. The van der Waals surface area contributed by atoms with Crippen LogP contribution in [-0.4, -0.2) is 38.8 Å².